The van der Waals surface area contributed by atoms with Crippen molar-refractivity contribution in [2.75, 3.05) is 10.6 Å². The molecule has 160 valence electrons. The van der Waals surface area contributed by atoms with E-state index in [1.807, 2.05) is 18.5 Å². The second kappa shape index (κ2) is 9.62. The molecule has 3 rings (SSSR count). The van der Waals surface area contributed by atoms with Crippen LogP contribution in [0.15, 0.2) is 48.5 Å². The third kappa shape index (κ3) is 5.83. The van der Waals surface area contributed by atoms with Gasteiger partial charge in [-0.1, -0.05) is 41.4 Å². The molecule has 2 aromatic carbocycles. The summed E-state index contributed by atoms with van der Waals surface area (Å²) < 4.78 is 1.94. The molecule has 31 heavy (non-hydrogen) atoms. The summed E-state index contributed by atoms with van der Waals surface area (Å²) in [6, 6.07) is 13.3. The number of hydrogen-bond donors (Lipinski definition) is 2. The maximum Gasteiger partial charge on any atom is 0.248 e. The number of aryl methyl sites for hydroxylation is 2. The third-order valence-electron chi connectivity index (χ3n) is 4.84. The molecule has 1 heterocycles. The largest absolute Gasteiger partial charge is 0.326 e. The molecule has 2 N–H and O–H groups in total. The highest BCUT2D eigenvalue weighted by molar-refractivity contribution is 6.34. The van der Waals surface area contributed by atoms with Gasteiger partial charge in [0.25, 0.3) is 0 Å². The van der Waals surface area contributed by atoms with Gasteiger partial charge in [0.2, 0.25) is 11.8 Å². The molecule has 0 aliphatic rings. The first kappa shape index (κ1) is 22.3. The summed E-state index contributed by atoms with van der Waals surface area (Å²) in [6.45, 7) is 8.05. The zero-order chi connectivity index (χ0) is 22.5. The molecule has 2 amide bonds. The van der Waals surface area contributed by atoms with Crippen molar-refractivity contribution in [2.24, 2.45) is 0 Å². The lowest BCUT2D eigenvalue weighted by molar-refractivity contribution is -0.114. The topological polar surface area (TPSA) is 76.0 Å². The summed E-state index contributed by atoms with van der Waals surface area (Å²) in [5.41, 5.74) is 6.09. The van der Waals surface area contributed by atoms with Gasteiger partial charge in [0.15, 0.2) is 0 Å². The van der Waals surface area contributed by atoms with Crippen LogP contribution in [-0.4, -0.2) is 21.6 Å². The zero-order valence-corrected chi connectivity index (χ0v) is 18.7. The summed E-state index contributed by atoms with van der Waals surface area (Å²) >= 11 is 6.17. The van der Waals surface area contributed by atoms with Crippen molar-refractivity contribution in [2.45, 2.75) is 34.2 Å². The molecule has 6 nitrogen and oxygen atoms in total. The summed E-state index contributed by atoms with van der Waals surface area (Å²) in [5, 5.41) is 10.4. The van der Waals surface area contributed by atoms with Crippen molar-refractivity contribution in [1.82, 2.24) is 9.78 Å². The van der Waals surface area contributed by atoms with Crippen molar-refractivity contribution >= 4 is 40.9 Å². The highest BCUT2D eigenvalue weighted by Crippen LogP contribution is 2.26. The van der Waals surface area contributed by atoms with E-state index >= 15 is 0 Å². The van der Waals surface area contributed by atoms with Crippen molar-refractivity contribution in [3.63, 3.8) is 0 Å². The van der Waals surface area contributed by atoms with Gasteiger partial charge in [0.1, 0.15) is 0 Å². The van der Waals surface area contributed by atoms with E-state index in [0.717, 1.165) is 22.5 Å². The minimum atomic E-state index is -0.327. The van der Waals surface area contributed by atoms with Crippen LogP contribution in [-0.2, 0) is 16.1 Å². The Morgan fingerprint density at radius 2 is 1.77 bits per heavy atom. The van der Waals surface area contributed by atoms with Gasteiger partial charge in [-0.3, -0.25) is 14.3 Å². The average Bonchev–Trinajstić information content (AvgIpc) is 2.97. The van der Waals surface area contributed by atoms with E-state index in [4.69, 9.17) is 11.6 Å². The Hall–Kier alpha value is -3.38. The number of aromatic nitrogens is 2. The Bertz CT molecular complexity index is 1150. The van der Waals surface area contributed by atoms with E-state index < -0.39 is 0 Å². The maximum absolute atomic E-state index is 12.5. The fraction of sp³-hybridized carbons (Fsp3) is 0.208. The van der Waals surface area contributed by atoms with Gasteiger partial charge >= 0.3 is 0 Å². The molecule has 0 unspecified atom stereocenters. The first-order valence-electron chi connectivity index (χ1n) is 9.88. The molecule has 0 saturated carbocycles. The lowest BCUT2D eigenvalue weighted by Gasteiger charge is -2.08. The van der Waals surface area contributed by atoms with Gasteiger partial charge in [0, 0.05) is 29.9 Å². The Kier molecular flexibility index (Phi) is 6.92. The van der Waals surface area contributed by atoms with Crippen molar-refractivity contribution in [3.8, 4) is 0 Å². The minimum Gasteiger partial charge on any atom is -0.326 e. The van der Waals surface area contributed by atoms with E-state index in [0.29, 0.717) is 22.9 Å². The number of nitrogens with zero attached hydrogens (tertiary/aromatic N) is 2. The van der Waals surface area contributed by atoms with E-state index in [1.165, 1.54) is 18.6 Å². The zero-order valence-electron chi connectivity index (χ0n) is 18.0. The Labute approximate surface area is 186 Å². The third-order valence-corrected chi connectivity index (χ3v) is 5.17. The van der Waals surface area contributed by atoms with Gasteiger partial charge in [-0.2, -0.15) is 5.10 Å². The highest BCUT2D eigenvalue weighted by Gasteiger charge is 2.11. The normalized spacial score (nSPS) is 11.0. The minimum absolute atomic E-state index is 0.201. The average molecular weight is 437 g/mol. The fourth-order valence-corrected chi connectivity index (χ4v) is 3.37. The molecule has 0 fully saturated rings. The molecule has 7 heteroatoms. The second-order valence-electron chi connectivity index (χ2n) is 7.43. The molecule has 0 saturated heterocycles. The number of halogens is 1. The number of nitrogens with one attached hydrogen (secondary N) is 2. The van der Waals surface area contributed by atoms with Gasteiger partial charge < -0.3 is 10.6 Å². The molecule has 0 atom stereocenters. The SMILES string of the molecule is CC(=O)Nc1ccc(Cl)c(NC(=O)C=Cc2c(C)nn(Cc3ccc(C)cc3)c2C)c1. The molecular weight excluding hydrogens is 412 g/mol. The number of benzene rings is 2. The molecule has 0 aliphatic heterocycles. The molecule has 0 radical (unpaired) electrons. The van der Waals surface area contributed by atoms with Crippen molar-refractivity contribution in [1.29, 1.82) is 0 Å². The summed E-state index contributed by atoms with van der Waals surface area (Å²) in [6.07, 6.45) is 3.21. The molecular formula is C24H25ClN4O2. The predicted octanol–water partition coefficient (Wildman–Crippen LogP) is 5.12. The van der Waals surface area contributed by atoms with Crippen LogP contribution in [0.3, 0.4) is 0 Å². The van der Waals surface area contributed by atoms with Crippen LogP contribution in [0.5, 0.6) is 0 Å². The van der Waals surface area contributed by atoms with Crippen molar-refractivity contribution < 1.29 is 9.59 Å². The number of carbonyl (C=O) groups is 2. The van der Waals surface area contributed by atoms with Crippen LogP contribution in [0.4, 0.5) is 11.4 Å². The predicted molar refractivity (Wildman–Crippen MR) is 125 cm³/mol. The Balaban J connectivity index is 1.73. The van der Waals surface area contributed by atoms with Crippen LogP contribution < -0.4 is 10.6 Å². The number of anilines is 2. The summed E-state index contributed by atoms with van der Waals surface area (Å²) in [4.78, 5) is 23.7. The number of carbonyl (C=O) groups excluding carboxylic acids is 2. The van der Waals surface area contributed by atoms with Crippen LogP contribution in [0.25, 0.3) is 6.08 Å². The second-order valence-corrected chi connectivity index (χ2v) is 7.83. The molecule has 1 aromatic heterocycles. The fourth-order valence-electron chi connectivity index (χ4n) is 3.21. The Morgan fingerprint density at radius 3 is 2.45 bits per heavy atom. The first-order valence-corrected chi connectivity index (χ1v) is 10.3. The summed E-state index contributed by atoms with van der Waals surface area (Å²) in [5.74, 6) is -0.528. The van der Waals surface area contributed by atoms with E-state index in [2.05, 4.69) is 46.9 Å². The van der Waals surface area contributed by atoms with Crippen LogP contribution in [0.1, 0.15) is 35.0 Å². The Morgan fingerprint density at radius 1 is 1.06 bits per heavy atom. The monoisotopic (exact) mass is 436 g/mol. The lowest BCUT2D eigenvalue weighted by Crippen LogP contribution is -2.10. The molecule has 0 bridgehead atoms. The van der Waals surface area contributed by atoms with E-state index in [-0.39, 0.29) is 11.8 Å². The van der Waals surface area contributed by atoms with Gasteiger partial charge in [0.05, 0.1) is 22.9 Å². The standard InChI is InChI=1S/C24H25ClN4O2/c1-15-5-7-19(8-6-15)14-29-17(3)21(16(2)28-29)10-12-24(31)27-23-13-20(26-18(4)30)9-11-22(23)25/h5-13H,14H2,1-4H3,(H,26,30)(H,27,31). The smallest absolute Gasteiger partial charge is 0.248 e. The van der Waals surface area contributed by atoms with Crippen molar-refractivity contribution in [3.05, 3.63) is 81.6 Å². The summed E-state index contributed by atoms with van der Waals surface area (Å²) in [7, 11) is 0. The van der Waals surface area contributed by atoms with Crippen LogP contribution in [0.2, 0.25) is 5.02 Å². The van der Waals surface area contributed by atoms with Gasteiger partial charge in [-0.15, -0.1) is 0 Å². The first-order chi connectivity index (χ1) is 14.7. The molecule has 3 aromatic rings. The highest BCUT2D eigenvalue weighted by atomic mass is 35.5. The maximum atomic E-state index is 12.5. The number of amides is 2. The van der Waals surface area contributed by atoms with E-state index in [1.54, 1.807) is 24.3 Å². The molecule has 0 spiro atoms. The van der Waals surface area contributed by atoms with Gasteiger partial charge in [-0.05, 0) is 50.6 Å². The van der Waals surface area contributed by atoms with Gasteiger partial charge in [-0.25, -0.2) is 0 Å². The lowest BCUT2D eigenvalue weighted by atomic mass is 10.1. The number of rotatable bonds is 6. The quantitative estimate of drug-likeness (QED) is 0.526. The molecule has 0 aliphatic carbocycles. The van der Waals surface area contributed by atoms with E-state index in [9.17, 15) is 9.59 Å². The van der Waals surface area contributed by atoms with Crippen LogP contribution >= 0.6 is 11.6 Å². The number of hydrogen-bond acceptors (Lipinski definition) is 3. The van der Waals surface area contributed by atoms with Crippen LogP contribution in [0, 0.1) is 20.8 Å².